The normalized spacial score (nSPS) is 18.2. The summed E-state index contributed by atoms with van der Waals surface area (Å²) in [6.07, 6.45) is 7.71. The van der Waals surface area contributed by atoms with Gasteiger partial charge in [-0.15, -0.1) is 0 Å². The predicted octanol–water partition coefficient (Wildman–Crippen LogP) is 1.74. The van der Waals surface area contributed by atoms with Crippen LogP contribution in [0.1, 0.15) is 52.4 Å². The van der Waals surface area contributed by atoms with Crippen molar-refractivity contribution in [1.29, 1.82) is 0 Å². The van der Waals surface area contributed by atoms with E-state index in [9.17, 15) is 13.2 Å². The number of nitrogens with zero attached hydrogens (tertiary/aromatic N) is 1. The minimum atomic E-state index is -3.22. The molecule has 0 saturated heterocycles. The van der Waals surface area contributed by atoms with Gasteiger partial charge < -0.3 is 5.32 Å². The van der Waals surface area contributed by atoms with Gasteiger partial charge in [0.15, 0.2) is 0 Å². The third-order valence-corrected chi connectivity index (χ3v) is 5.15. The lowest BCUT2D eigenvalue weighted by atomic mass is 10.1. The van der Waals surface area contributed by atoms with Gasteiger partial charge in [-0.1, -0.05) is 39.5 Å². The Hall–Kier alpha value is -0.620. The maximum atomic E-state index is 12.0. The Morgan fingerprint density at radius 3 is 2.20 bits per heavy atom. The van der Waals surface area contributed by atoms with E-state index in [0.29, 0.717) is 13.1 Å². The number of carbonyl (C=O) groups is 1. The van der Waals surface area contributed by atoms with Crippen LogP contribution in [0.2, 0.25) is 0 Å². The number of sulfonamides is 1. The maximum absolute atomic E-state index is 12.0. The van der Waals surface area contributed by atoms with Crippen LogP contribution in [0.25, 0.3) is 0 Å². The van der Waals surface area contributed by atoms with Gasteiger partial charge in [0.25, 0.3) is 0 Å². The van der Waals surface area contributed by atoms with Crippen LogP contribution in [-0.4, -0.2) is 44.0 Å². The smallest absolute Gasteiger partial charge is 0.222 e. The van der Waals surface area contributed by atoms with E-state index in [1.165, 1.54) is 19.1 Å². The number of rotatable bonds is 6. The molecular formula is C14H28N2O3S. The fraction of sp³-hybridized carbons (Fsp3) is 0.929. The molecule has 0 heterocycles. The molecule has 1 saturated carbocycles. The molecule has 0 atom stereocenters. The van der Waals surface area contributed by atoms with Crippen molar-refractivity contribution in [2.24, 2.45) is 5.92 Å². The number of amides is 1. The lowest BCUT2D eigenvalue weighted by Crippen LogP contribution is -2.44. The summed E-state index contributed by atoms with van der Waals surface area (Å²) < 4.78 is 25.5. The molecule has 118 valence electrons. The molecule has 1 amide bonds. The summed E-state index contributed by atoms with van der Waals surface area (Å²) in [5, 5.41) is 2.79. The van der Waals surface area contributed by atoms with E-state index in [-0.39, 0.29) is 17.9 Å². The minimum Gasteiger partial charge on any atom is -0.355 e. The largest absolute Gasteiger partial charge is 0.355 e. The second-order valence-corrected chi connectivity index (χ2v) is 7.90. The molecule has 1 N–H and O–H groups in total. The molecule has 0 radical (unpaired) electrons. The van der Waals surface area contributed by atoms with Crippen LogP contribution in [0.4, 0.5) is 0 Å². The summed E-state index contributed by atoms with van der Waals surface area (Å²) in [6, 6.07) is 0.100. The molecule has 1 fully saturated rings. The third-order valence-electron chi connectivity index (χ3n) is 3.81. The molecule has 0 bridgehead atoms. The summed E-state index contributed by atoms with van der Waals surface area (Å²) in [5.74, 6) is -0.0983. The third kappa shape index (κ3) is 5.79. The van der Waals surface area contributed by atoms with Gasteiger partial charge in [-0.25, -0.2) is 8.42 Å². The highest BCUT2D eigenvalue weighted by Gasteiger charge is 2.27. The first-order chi connectivity index (χ1) is 9.32. The van der Waals surface area contributed by atoms with Crippen molar-refractivity contribution in [3.05, 3.63) is 0 Å². The van der Waals surface area contributed by atoms with Gasteiger partial charge in [0.05, 0.1) is 6.26 Å². The van der Waals surface area contributed by atoms with E-state index < -0.39 is 10.0 Å². The number of nitrogens with one attached hydrogen (secondary N) is 1. The molecule has 1 aliphatic rings. The highest BCUT2D eigenvalue weighted by molar-refractivity contribution is 7.88. The van der Waals surface area contributed by atoms with Gasteiger partial charge in [-0.2, -0.15) is 4.31 Å². The molecule has 0 unspecified atom stereocenters. The Kier molecular flexibility index (Phi) is 6.95. The van der Waals surface area contributed by atoms with E-state index in [2.05, 4.69) is 5.32 Å². The average Bonchev–Trinajstić information content (AvgIpc) is 2.61. The molecule has 0 aliphatic heterocycles. The van der Waals surface area contributed by atoms with Crippen molar-refractivity contribution in [2.45, 2.75) is 58.4 Å². The standard InChI is InChI=1S/C14H28N2O3S/c1-12(2)14(17)15-10-11-16(20(3,18)19)13-8-6-4-5-7-9-13/h12-13H,4-11H2,1-3H3,(H,15,17). The fourth-order valence-electron chi connectivity index (χ4n) is 2.66. The fourth-order valence-corrected chi connectivity index (χ4v) is 3.83. The van der Waals surface area contributed by atoms with Crippen molar-refractivity contribution in [1.82, 2.24) is 9.62 Å². The molecule has 0 aromatic carbocycles. The number of carbonyl (C=O) groups excluding carboxylic acids is 1. The van der Waals surface area contributed by atoms with Gasteiger partial charge in [0, 0.05) is 25.0 Å². The first kappa shape index (κ1) is 17.4. The summed E-state index contributed by atoms with van der Waals surface area (Å²) in [4.78, 5) is 11.5. The Labute approximate surface area is 123 Å². The maximum Gasteiger partial charge on any atom is 0.222 e. The highest BCUT2D eigenvalue weighted by Crippen LogP contribution is 2.23. The van der Waals surface area contributed by atoms with Crippen LogP contribution < -0.4 is 5.32 Å². The topological polar surface area (TPSA) is 66.5 Å². The van der Waals surface area contributed by atoms with Gasteiger partial charge in [0.2, 0.25) is 15.9 Å². The van der Waals surface area contributed by atoms with Crippen molar-refractivity contribution in [3.63, 3.8) is 0 Å². The van der Waals surface area contributed by atoms with Gasteiger partial charge in [-0.3, -0.25) is 4.79 Å². The van der Waals surface area contributed by atoms with Crippen molar-refractivity contribution in [3.8, 4) is 0 Å². The van der Waals surface area contributed by atoms with Crippen LogP contribution >= 0.6 is 0 Å². The van der Waals surface area contributed by atoms with E-state index in [4.69, 9.17) is 0 Å². The first-order valence-corrected chi connectivity index (χ1v) is 9.41. The molecule has 0 aromatic heterocycles. The summed E-state index contributed by atoms with van der Waals surface area (Å²) >= 11 is 0. The Morgan fingerprint density at radius 2 is 1.75 bits per heavy atom. The molecule has 1 rings (SSSR count). The molecule has 20 heavy (non-hydrogen) atoms. The zero-order valence-corrected chi connectivity index (χ0v) is 13.7. The van der Waals surface area contributed by atoms with Crippen LogP contribution in [0.3, 0.4) is 0 Å². The van der Waals surface area contributed by atoms with Crippen LogP contribution in [-0.2, 0) is 14.8 Å². The van der Waals surface area contributed by atoms with Gasteiger partial charge in [0.1, 0.15) is 0 Å². The van der Waals surface area contributed by atoms with Gasteiger partial charge in [-0.05, 0) is 12.8 Å². The minimum absolute atomic E-state index is 0.0284. The molecular weight excluding hydrogens is 276 g/mol. The van der Waals surface area contributed by atoms with Gasteiger partial charge >= 0.3 is 0 Å². The second-order valence-electron chi connectivity index (χ2n) is 5.96. The van der Waals surface area contributed by atoms with E-state index in [0.717, 1.165) is 25.7 Å². The van der Waals surface area contributed by atoms with Crippen molar-refractivity contribution >= 4 is 15.9 Å². The highest BCUT2D eigenvalue weighted by atomic mass is 32.2. The monoisotopic (exact) mass is 304 g/mol. The van der Waals surface area contributed by atoms with Crippen LogP contribution in [0.15, 0.2) is 0 Å². The number of hydrogen-bond acceptors (Lipinski definition) is 3. The first-order valence-electron chi connectivity index (χ1n) is 7.57. The van der Waals surface area contributed by atoms with E-state index in [1.54, 1.807) is 4.31 Å². The van der Waals surface area contributed by atoms with E-state index in [1.807, 2.05) is 13.8 Å². The summed E-state index contributed by atoms with van der Waals surface area (Å²) in [6.45, 7) is 4.42. The van der Waals surface area contributed by atoms with E-state index >= 15 is 0 Å². The zero-order chi connectivity index (χ0) is 15.2. The second kappa shape index (κ2) is 7.98. The predicted molar refractivity (Wildman–Crippen MR) is 80.9 cm³/mol. The summed E-state index contributed by atoms with van der Waals surface area (Å²) in [5.41, 5.74) is 0. The van der Waals surface area contributed by atoms with Crippen LogP contribution in [0, 0.1) is 5.92 Å². The molecule has 5 nitrogen and oxygen atoms in total. The Bertz CT molecular complexity index is 399. The molecule has 6 heteroatoms. The molecule has 0 spiro atoms. The molecule has 1 aliphatic carbocycles. The summed E-state index contributed by atoms with van der Waals surface area (Å²) in [7, 11) is -3.22. The van der Waals surface area contributed by atoms with Crippen LogP contribution in [0.5, 0.6) is 0 Å². The lowest BCUT2D eigenvalue weighted by Gasteiger charge is -2.29. The zero-order valence-electron chi connectivity index (χ0n) is 12.9. The van der Waals surface area contributed by atoms with Crippen molar-refractivity contribution in [2.75, 3.05) is 19.3 Å². The average molecular weight is 304 g/mol. The number of hydrogen-bond donors (Lipinski definition) is 1. The molecule has 0 aromatic rings. The Balaban J connectivity index is 2.58. The quantitative estimate of drug-likeness (QED) is 0.760. The Morgan fingerprint density at radius 1 is 1.20 bits per heavy atom. The van der Waals surface area contributed by atoms with Crippen molar-refractivity contribution < 1.29 is 13.2 Å². The lowest BCUT2D eigenvalue weighted by molar-refractivity contribution is -0.124. The SMILES string of the molecule is CC(C)C(=O)NCCN(C1CCCCCC1)S(C)(=O)=O.